The number of anilines is 2. The van der Waals surface area contributed by atoms with Gasteiger partial charge >= 0.3 is 0 Å². The smallest absolute Gasteiger partial charge is 0.224 e. The molecule has 31 heavy (non-hydrogen) atoms. The molecule has 0 atom stereocenters. The Morgan fingerprint density at radius 1 is 1.06 bits per heavy atom. The van der Waals surface area contributed by atoms with Gasteiger partial charge in [0.2, 0.25) is 5.91 Å². The highest BCUT2D eigenvalue weighted by molar-refractivity contribution is 14.0. The maximum atomic E-state index is 12.0. The topological polar surface area (TPSA) is 84.0 Å². The van der Waals surface area contributed by atoms with Crippen molar-refractivity contribution in [3.05, 3.63) is 48.0 Å². The van der Waals surface area contributed by atoms with Gasteiger partial charge in [-0.1, -0.05) is 26.0 Å². The molecule has 0 spiro atoms. The first-order valence-corrected chi connectivity index (χ1v) is 10.1. The van der Waals surface area contributed by atoms with Gasteiger partial charge in [0.25, 0.3) is 0 Å². The van der Waals surface area contributed by atoms with Gasteiger partial charge in [-0.3, -0.25) is 9.79 Å². The summed E-state index contributed by atoms with van der Waals surface area (Å²) in [6.07, 6.45) is 0.505. The average molecular weight is 540 g/mol. The SMILES string of the molecule is CCOc1cc(NC(=NC)NCc2cccc(NC(=O)CC(C)C)c2)ccc1OC.I. The van der Waals surface area contributed by atoms with Crippen LogP contribution in [0.25, 0.3) is 0 Å². The van der Waals surface area contributed by atoms with E-state index in [1.54, 1.807) is 14.2 Å². The fraction of sp³-hybridized carbons (Fsp3) is 0.391. The first-order chi connectivity index (χ1) is 14.4. The Morgan fingerprint density at radius 3 is 2.45 bits per heavy atom. The Bertz CT molecular complexity index is 872. The van der Waals surface area contributed by atoms with Crippen molar-refractivity contribution in [1.82, 2.24) is 5.32 Å². The van der Waals surface area contributed by atoms with Crippen LogP contribution in [0.4, 0.5) is 11.4 Å². The minimum absolute atomic E-state index is 0. The number of hydrogen-bond acceptors (Lipinski definition) is 4. The zero-order valence-corrected chi connectivity index (χ0v) is 21.2. The van der Waals surface area contributed by atoms with E-state index < -0.39 is 0 Å². The molecule has 170 valence electrons. The molecule has 0 aliphatic rings. The number of nitrogens with one attached hydrogen (secondary N) is 3. The van der Waals surface area contributed by atoms with Crippen molar-refractivity contribution in [2.45, 2.75) is 33.7 Å². The highest BCUT2D eigenvalue weighted by Crippen LogP contribution is 2.30. The third kappa shape index (κ3) is 9.04. The number of halogens is 1. The quantitative estimate of drug-likeness (QED) is 0.240. The molecule has 0 radical (unpaired) electrons. The molecule has 0 bridgehead atoms. The summed E-state index contributed by atoms with van der Waals surface area (Å²) < 4.78 is 10.9. The van der Waals surface area contributed by atoms with E-state index in [4.69, 9.17) is 9.47 Å². The van der Waals surface area contributed by atoms with E-state index in [1.165, 1.54) is 0 Å². The van der Waals surface area contributed by atoms with Gasteiger partial charge in [0.15, 0.2) is 17.5 Å². The number of ether oxygens (including phenoxy) is 2. The van der Waals surface area contributed by atoms with Crippen molar-refractivity contribution < 1.29 is 14.3 Å². The van der Waals surface area contributed by atoms with Crippen LogP contribution in [-0.2, 0) is 11.3 Å². The molecule has 0 heterocycles. The van der Waals surface area contributed by atoms with Gasteiger partial charge in [-0.2, -0.15) is 0 Å². The van der Waals surface area contributed by atoms with Gasteiger partial charge in [-0.25, -0.2) is 0 Å². The predicted octanol–water partition coefficient (Wildman–Crippen LogP) is 4.88. The van der Waals surface area contributed by atoms with Crippen LogP contribution in [0.1, 0.15) is 32.8 Å². The lowest BCUT2D eigenvalue weighted by Crippen LogP contribution is -2.30. The average Bonchev–Trinajstić information content (AvgIpc) is 2.71. The Morgan fingerprint density at radius 2 is 1.81 bits per heavy atom. The van der Waals surface area contributed by atoms with Crippen molar-refractivity contribution in [2.75, 3.05) is 31.4 Å². The lowest BCUT2D eigenvalue weighted by Gasteiger charge is -2.15. The summed E-state index contributed by atoms with van der Waals surface area (Å²) in [6.45, 7) is 7.09. The van der Waals surface area contributed by atoms with E-state index in [0.29, 0.717) is 42.9 Å². The number of amides is 1. The molecule has 2 aromatic carbocycles. The summed E-state index contributed by atoms with van der Waals surface area (Å²) in [6, 6.07) is 13.4. The summed E-state index contributed by atoms with van der Waals surface area (Å²) in [4.78, 5) is 16.3. The highest BCUT2D eigenvalue weighted by Gasteiger charge is 2.08. The van der Waals surface area contributed by atoms with Crippen LogP contribution >= 0.6 is 24.0 Å². The van der Waals surface area contributed by atoms with E-state index in [9.17, 15) is 4.79 Å². The van der Waals surface area contributed by atoms with Crippen molar-refractivity contribution in [2.24, 2.45) is 10.9 Å². The molecule has 0 saturated heterocycles. The number of carbonyl (C=O) groups is 1. The number of methoxy groups -OCH3 is 1. The fourth-order valence-corrected chi connectivity index (χ4v) is 2.87. The molecule has 0 aliphatic carbocycles. The van der Waals surface area contributed by atoms with E-state index in [1.807, 2.05) is 63.2 Å². The molecular formula is C23H33IN4O3. The number of guanidine groups is 1. The predicted molar refractivity (Wildman–Crippen MR) is 138 cm³/mol. The molecule has 7 nitrogen and oxygen atoms in total. The van der Waals surface area contributed by atoms with Gasteiger partial charge in [0.1, 0.15) is 0 Å². The molecule has 0 unspecified atom stereocenters. The van der Waals surface area contributed by atoms with Gasteiger partial charge in [-0.15, -0.1) is 24.0 Å². The van der Waals surface area contributed by atoms with Crippen LogP contribution in [-0.4, -0.2) is 32.6 Å². The molecular weight excluding hydrogens is 507 g/mol. The van der Waals surface area contributed by atoms with Gasteiger partial charge in [0.05, 0.1) is 13.7 Å². The van der Waals surface area contributed by atoms with Crippen LogP contribution in [0.5, 0.6) is 11.5 Å². The monoisotopic (exact) mass is 540 g/mol. The standard InChI is InChI=1S/C23H32N4O3.HI/c1-6-30-21-14-19(10-11-20(21)29-5)27-23(24-4)25-15-17-8-7-9-18(13-17)26-22(28)12-16(2)3;/h7-11,13-14,16H,6,12,15H2,1-5H3,(H,26,28)(H2,24,25,27);1H. The minimum atomic E-state index is 0. The second-order valence-electron chi connectivity index (χ2n) is 7.20. The second-order valence-corrected chi connectivity index (χ2v) is 7.20. The zero-order chi connectivity index (χ0) is 21.9. The molecule has 2 aromatic rings. The second kappa shape index (κ2) is 13.7. The van der Waals surface area contributed by atoms with Crippen molar-refractivity contribution in [3.63, 3.8) is 0 Å². The zero-order valence-electron chi connectivity index (χ0n) is 18.8. The lowest BCUT2D eigenvalue weighted by molar-refractivity contribution is -0.116. The number of aliphatic imine (C=N–C) groups is 1. The molecule has 1 amide bonds. The van der Waals surface area contributed by atoms with Crippen LogP contribution in [0, 0.1) is 5.92 Å². The molecule has 3 N–H and O–H groups in total. The maximum Gasteiger partial charge on any atom is 0.224 e. The molecule has 0 aromatic heterocycles. The molecule has 0 aliphatic heterocycles. The van der Waals surface area contributed by atoms with Crippen LogP contribution in [0.15, 0.2) is 47.5 Å². The lowest BCUT2D eigenvalue weighted by atomic mass is 10.1. The Kier molecular flexibility index (Phi) is 11.8. The van der Waals surface area contributed by atoms with E-state index in [2.05, 4.69) is 20.9 Å². The van der Waals surface area contributed by atoms with Crippen LogP contribution in [0.2, 0.25) is 0 Å². The number of carbonyl (C=O) groups excluding carboxylic acids is 1. The van der Waals surface area contributed by atoms with Gasteiger partial charge < -0.3 is 25.4 Å². The van der Waals surface area contributed by atoms with Crippen molar-refractivity contribution in [1.29, 1.82) is 0 Å². The summed E-state index contributed by atoms with van der Waals surface area (Å²) in [5, 5.41) is 9.48. The highest BCUT2D eigenvalue weighted by atomic mass is 127. The summed E-state index contributed by atoms with van der Waals surface area (Å²) >= 11 is 0. The van der Waals surface area contributed by atoms with Gasteiger partial charge in [0, 0.05) is 37.5 Å². The Balaban J connectivity index is 0.00000480. The third-order valence-corrected chi connectivity index (χ3v) is 4.21. The van der Waals surface area contributed by atoms with Crippen LogP contribution < -0.4 is 25.4 Å². The van der Waals surface area contributed by atoms with Crippen molar-refractivity contribution in [3.8, 4) is 11.5 Å². The van der Waals surface area contributed by atoms with E-state index in [0.717, 1.165) is 16.9 Å². The first-order valence-electron chi connectivity index (χ1n) is 10.1. The van der Waals surface area contributed by atoms with Gasteiger partial charge in [-0.05, 0) is 42.7 Å². The molecule has 2 rings (SSSR count). The maximum absolute atomic E-state index is 12.0. The largest absolute Gasteiger partial charge is 0.493 e. The summed E-state index contributed by atoms with van der Waals surface area (Å²) in [7, 11) is 3.33. The van der Waals surface area contributed by atoms with E-state index >= 15 is 0 Å². The summed E-state index contributed by atoms with van der Waals surface area (Å²) in [5.74, 6) is 2.33. The van der Waals surface area contributed by atoms with Crippen LogP contribution in [0.3, 0.4) is 0 Å². The molecule has 8 heteroatoms. The number of benzene rings is 2. The Hall–Kier alpha value is -2.49. The normalized spacial score (nSPS) is 10.8. The number of nitrogens with zero attached hydrogens (tertiary/aromatic N) is 1. The molecule has 0 fully saturated rings. The Labute approximate surface area is 202 Å². The number of rotatable bonds is 9. The first kappa shape index (κ1) is 26.5. The summed E-state index contributed by atoms with van der Waals surface area (Å²) in [5.41, 5.74) is 2.66. The third-order valence-electron chi connectivity index (χ3n) is 4.21. The van der Waals surface area contributed by atoms with Crippen molar-refractivity contribution >= 4 is 47.2 Å². The number of hydrogen-bond donors (Lipinski definition) is 3. The minimum Gasteiger partial charge on any atom is -0.493 e. The van der Waals surface area contributed by atoms with E-state index in [-0.39, 0.29) is 29.9 Å². The fourth-order valence-electron chi connectivity index (χ4n) is 2.87. The molecule has 0 saturated carbocycles.